The summed E-state index contributed by atoms with van der Waals surface area (Å²) in [7, 11) is 0. The van der Waals surface area contributed by atoms with E-state index in [-0.39, 0.29) is 0 Å². The molecule has 1 rings (SSSR count). The van der Waals surface area contributed by atoms with E-state index in [0.717, 1.165) is 11.2 Å². The largest absolute Gasteiger partial charge is 0.303 e. The van der Waals surface area contributed by atoms with E-state index in [2.05, 4.69) is 0 Å². The number of aldehydes is 1. The van der Waals surface area contributed by atoms with Gasteiger partial charge in [0.05, 0.1) is 0 Å². The summed E-state index contributed by atoms with van der Waals surface area (Å²) in [6.45, 7) is 0. The van der Waals surface area contributed by atoms with Crippen LogP contribution in [0.15, 0.2) is 12.1 Å². The summed E-state index contributed by atoms with van der Waals surface area (Å²) in [5.74, 6) is 0. The normalized spacial score (nSPS) is 8.70. The predicted molar refractivity (Wildman–Crippen MR) is 38.8 cm³/mol. The second-order valence-corrected chi connectivity index (χ2v) is 2.92. The van der Waals surface area contributed by atoms with Crippen LogP contribution >= 0.6 is 11.3 Å². The van der Waals surface area contributed by atoms with E-state index in [4.69, 9.17) is 5.26 Å². The van der Waals surface area contributed by atoms with Crippen molar-refractivity contribution in [1.82, 2.24) is 0 Å². The molecule has 1 heterocycles. The first-order valence-electron chi connectivity index (χ1n) is 2.79. The number of nitriles is 1. The lowest BCUT2D eigenvalue weighted by atomic mass is 10.4. The van der Waals surface area contributed by atoms with Gasteiger partial charge in [0.25, 0.3) is 0 Å². The minimum Gasteiger partial charge on any atom is -0.303 e. The molecular formula is C7H5NOS. The van der Waals surface area contributed by atoms with Crippen LogP contribution in [0.4, 0.5) is 0 Å². The van der Waals surface area contributed by atoms with E-state index < -0.39 is 0 Å². The van der Waals surface area contributed by atoms with Gasteiger partial charge >= 0.3 is 0 Å². The minimum atomic E-state index is 0.423. The van der Waals surface area contributed by atoms with Crippen molar-refractivity contribution < 1.29 is 4.79 Å². The average molecular weight is 151 g/mol. The first-order valence-corrected chi connectivity index (χ1v) is 3.61. The summed E-state index contributed by atoms with van der Waals surface area (Å²) in [4.78, 5) is 11.6. The number of hydrogen-bond donors (Lipinski definition) is 0. The summed E-state index contributed by atoms with van der Waals surface area (Å²) in [5, 5.41) is 8.39. The summed E-state index contributed by atoms with van der Waals surface area (Å²) < 4.78 is 0. The third-order valence-corrected chi connectivity index (χ3v) is 2.07. The molecule has 0 saturated heterocycles. The SMILES string of the molecule is N#Cc1ccc(CC=O)s1. The molecule has 0 aliphatic heterocycles. The molecule has 0 atom stereocenters. The van der Waals surface area contributed by atoms with Crippen molar-refractivity contribution in [3.63, 3.8) is 0 Å². The van der Waals surface area contributed by atoms with Crippen molar-refractivity contribution in [2.75, 3.05) is 0 Å². The zero-order valence-electron chi connectivity index (χ0n) is 5.20. The van der Waals surface area contributed by atoms with Gasteiger partial charge in [-0.05, 0) is 12.1 Å². The number of thiophene rings is 1. The molecule has 0 N–H and O–H groups in total. The predicted octanol–water partition coefficient (Wildman–Crippen LogP) is 1.36. The first kappa shape index (κ1) is 6.97. The summed E-state index contributed by atoms with van der Waals surface area (Å²) >= 11 is 1.37. The molecule has 0 spiro atoms. The molecule has 0 unspecified atom stereocenters. The van der Waals surface area contributed by atoms with E-state index in [1.165, 1.54) is 11.3 Å². The second-order valence-electron chi connectivity index (χ2n) is 1.75. The molecular weight excluding hydrogens is 146 g/mol. The van der Waals surface area contributed by atoms with Gasteiger partial charge < -0.3 is 4.79 Å². The Morgan fingerprint density at radius 2 is 2.50 bits per heavy atom. The quantitative estimate of drug-likeness (QED) is 0.599. The fourth-order valence-corrected chi connectivity index (χ4v) is 1.38. The molecule has 50 valence electrons. The first-order chi connectivity index (χ1) is 4.86. The standard InChI is InChI=1S/C7H5NOS/c8-5-7-2-1-6(10-7)3-4-9/h1-2,4H,3H2. The highest BCUT2D eigenvalue weighted by Crippen LogP contribution is 2.14. The van der Waals surface area contributed by atoms with Gasteiger partial charge in [-0.3, -0.25) is 0 Å². The molecule has 0 aliphatic carbocycles. The number of carbonyl (C=O) groups is 1. The number of carbonyl (C=O) groups excluding carboxylic acids is 1. The van der Waals surface area contributed by atoms with Crippen molar-refractivity contribution in [3.8, 4) is 6.07 Å². The van der Waals surface area contributed by atoms with E-state index in [1.54, 1.807) is 12.1 Å². The van der Waals surface area contributed by atoms with Crippen LogP contribution in [0.2, 0.25) is 0 Å². The van der Waals surface area contributed by atoms with Gasteiger partial charge in [0, 0.05) is 11.3 Å². The smallest absolute Gasteiger partial charge is 0.125 e. The minimum absolute atomic E-state index is 0.423. The molecule has 10 heavy (non-hydrogen) atoms. The maximum absolute atomic E-state index is 10.00. The van der Waals surface area contributed by atoms with E-state index in [1.807, 2.05) is 6.07 Å². The zero-order chi connectivity index (χ0) is 7.40. The molecule has 3 heteroatoms. The van der Waals surface area contributed by atoms with Crippen molar-refractivity contribution >= 4 is 17.6 Å². The molecule has 1 aromatic rings. The molecule has 2 nitrogen and oxygen atoms in total. The monoisotopic (exact) mass is 151 g/mol. The van der Waals surface area contributed by atoms with Gasteiger partial charge in [0.15, 0.2) is 0 Å². The third-order valence-electron chi connectivity index (χ3n) is 1.06. The lowest BCUT2D eigenvalue weighted by molar-refractivity contribution is -0.107. The Morgan fingerprint density at radius 3 is 3.00 bits per heavy atom. The van der Waals surface area contributed by atoms with Crippen molar-refractivity contribution in [3.05, 3.63) is 21.9 Å². The van der Waals surface area contributed by atoms with Crippen molar-refractivity contribution in [2.45, 2.75) is 6.42 Å². The number of rotatable bonds is 2. The van der Waals surface area contributed by atoms with Crippen LogP contribution in [0.3, 0.4) is 0 Å². The van der Waals surface area contributed by atoms with Gasteiger partial charge in [0.1, 0.15) is 17.2 Å². The van der Waals surface area contributed by atoms with Crippen LogP contribution in [0.1, 0.15) is 9.75 Å². The Hall–Kier alpha value is -1.14. The van der Waals surface area contributed by atoms with Crippen LogP contribution in [0, 0.1) is 11.3 Å². The number of hydrogen-bond acceptors (Lipinski definition) is 3. The summed E-state index contributed by atoms with van der Waals surface area (Å²) in [6, 6.07) is 5.54. The van der Waals surface area contributed by atoms with E-state index >= 15 is 0 Å². The van der Waals surface area contributed by atoms with E-state index in [0.29, 0.717) is 11.3 Å². The fraction of sp³-hybridized carbons (Fsp3) is 0.143. The molecule has 1 aromatic heterocycles. The van der Waals surface area contributed by atoms with E-state index in [9.17, 15) is 4.79 Å². The lowest BCUT2D eigenvalue weighted by Gasteiger charge is -1.79. The Morgan fingerprint density at radius 1 is 1.70 bits per heavy atom. The topological polar surface area (TPSA) is 40.9 Å². The average Bonchev–Trinajstić information content (AvgIpc) is 2.37. The Kier molecular flexibility index (Phi) is 2.19. The lowest BCUT2D eigenvalue weighted by Crippen LogP contribution is -1.76. The maximum atomic E-state index is 10.00. The maximum Gasteiger partial charge on any atom is 0.125 e. The van der Waals surface area contributed by atoms with Crippen LogP contribution < -0.4 is 0 Å². The van der Waals surface area contributed by atoms with Crippen LogP contribution in [-0.2, 0) is 11.2 Å². The molecule has 0 bridgehead atoms. The molecule has 0 radical (unpaired) electrons. The van der Waals surface area contributed by atoms with Gasteiger partial charge in [0.2, 0.25) is 0 Å². The Bertz CT molecular complexity index is 271. The van der Waals surface area contributed by atoms with Gasteiger partial charge in [-0.15, -0.1) is 11.3 Å². The fourth-order valence-electron chi connectivity index (χ4n) is 0.630. The highest BCUT2D eigenvalue weighted by Gasteiger charge is 1.96. The molecule has 0 amide bonds. The van der Waals surface area contributed by atoms with Crippen LogP contribution in [0.25, 0.3) is 0 Å². The third kappa shape index (κ3) is 1.42. The molecule has 0 saturated carbocycles. The Balaban J connectivity index is 2.80. The highest BCUT2D eigenvalue weighted by molar-refractivity contribution is 7.12. The van der Waals surface area contributed by atoms with Crippen molar-refractivity contribution in [1.29, 1.82) is 5.26 Å². The summed E-state index contributed by atoms with van der Waals surface area (Å²) in [5.41, 5.74) is 0. The van der Waals surface area contributed by atoms with Crippen LogP contribution in [0.5, 0.6) is 0 Å². The molecule has 0 aromatic carbocycles. The van der Waals surface area contributed by atoms with Gasteiger partial charge in [-0.1, -0.05) is 0 Å². The highest BCUT2D eigenvalue weighted by atomic mass is 32.1. The molecule has 0 aliphatic rings. The summed E-state index contributed by atoms with van der Waals surface area (Å²) in [6.07, 6.45) is 1.26. The van der Waals surface area contributed by atoms with Crippen LogP contribution in [-0.4, -0.2) is 6.29 Å². The van der Waals surface area contributed by atoms with Crippen molar-refractivity contribution in [2.24, 2.45) is 0 Å². The Labute approximate surface area is 62.7 Å². The van der Waals surface area contributed by atoms with Gasteiger partial charge in [-0.2, -0.15) is 5.26 Å². The zero-order valence-corrected chi connectivity index (χ0v) is 6.02. The number of nitrogens with zero attached hydrogens (tertiary/aromatic N) is 1. The molecule has 0 fully saturated rings. The van der Waals surface area contributed by atoms with Gasteiger partial charge in [-0.25, -0.2) is 0 Å². The second kappa shape index (κ2) is 3.14.